The third kappa shape index (κ3) is 3.41. The molecule has 2 aliphatic carbocycles. The molecule has 4 nitrogen and oxygen atoms in total. The summed E-state index contributed by atoms with van der Waals surface area (Å²) in [7, 11) is 2.10. The molecule has 1 heterocycles. The van der Waals surface area contributed by atoms with Gasteiger partial charge in [-0.05, 0) is 42.4 Å². The number of hydrogen-bond donors (Lipinski definition) is 2. The Morgan fingerprint density at radius 2 is 1.81 bits per heavy atom. The topological polar surface area (TPSA) is 52.6 Å². The first kappa shape index (κ1) is 17.9. The van der Waals surface area contributed by atoms with Gasteiger partial charge in [-0.25, -0.2) is 0 Å². The van der Waals surface area contributed by atoms with Gasteiger partial charge >= 0.3 is 0 Å². The predicted molar refractivity (Wildman–Crippen MR) is 107 cm³/mol. The molecule has 142 valence electrons. The number of hydrogen-bond acceptors (Lipinski definition) is 4. The molecule has 1 aromatic carbocycles. The molecule has 0 fully saturated rings. The number of carbonyl (C=O) groups excluding carboxylic acids is 1. The van der Waals surface area contributed by atoms with Crippen LogP contribution in [0, 0.1) is 5.41 Å². The largest absolute Gasteiger partial charge is 0.508 e. The molecule has 0 saturated carbocycles. The third-order valence-corrected chi connectivity index (χ3v) is 5.85. The maximum Gasteiger partial charge on any atom is 0.161 e. The zero-order valence-electron chi connectivity index (χ0n) is 16.4. The fraction of sp³-hybridized carbons (Fsp3) is 0.435. The molecule has 2 N–H and O–H groups in total. The van der Waals surface area contributed by atoms with Crippen LogP contribution in [0.4, 0.5) is 0 Å². The molecule has 0 saturated heterocycles. The lowest BCUT2D eigenvalue weighted by Gasteiger charge is -2.41. The van der Waals surface area contributed by atoms with Gasteiger partial charge in [0.1, 0.15) is 5.75 Å². The van der Waals surface area contributed by atoms with Crippen LogP contribution in [0.3, 0.4) is 0 Å². The second-order valence-electron chi connectivity index (χ2n) is 8.77. The molecule has 1 unspecified atom stereocenters. The van der Waals surface area contributed by atoms with E-state index < -0.39 is 0 Å². The Balaban J connectivity index is 1.86. The number of rotatable bonds is 1. The Hall–Kier alpha value is -2.49. The van der Waals surface area contributed by atoms with E-state index in [-0.39, 0.29) is 22.9 Å². The Bertz CT molecular complexity index is 859. The summed E-state index contributed by atoms with van der Waals surface area (Å²) in [5.74, 6) is 0.483. The summed E-state index contributed by atoms with van der Waals surface area (Å²) in [6, 6.07) is 7.31. The fourth-order valence-electron chi connectivity index (χ4n) is 4.59. The lowest BCUT2D eigenvalue weighted by molar-refractivity contribution is -0.118. The van der Waals surface area contributed by atoms with Gasteiger partial charge in [0.15, 0.2) is 5.78 Å². The fourth-order valence-corrected chi connectivity index (χ4v) is 4.59. The zero-order valence-corrected chi connectivity index (χ0v) is 16.4. The molecular weight excluding hydrogens is 336 g/mol. The van der Waals surface area contributed by atoms with Gasteiger partial charge < -0.3 is 15.3 Å². The van der Waals surface area contributed by atoms with Gasteiger partial charge in [0.05, 0.1) is 11.4 Å². The first-order valence-corrected chi connectivity index (χ1v) is 9.78. The van der Waals surface area contributed by atoms with E-state index in [1.54, 1.807) is 12.1 Å². The zero-order chi connectivity index (χ0) is 19.2. The standard InChI is InChI=1S/C23H28N2O2/c1-23(2)12-19-22(21(27)13-23)17(15-8-10-16(26)11-9-15)14-25(3)20-7-5-4-6-18(20)24-19/h6-11,17,24,26H,4-5,12-14H2,1-3H3. The van der Waals surface area contributed by atoms with E-state index in [0.717, 1.165) is 48.3 Å². The highest BCUT2D eigenvalue weighted by Crippen LogP contribution is 2.43. The number of Topliss-reactive ketones (excluding diaryl/α,β-unsaturated/α-hetero) is 1. The van der Waals surface area contributed by atoms with Gasteiger partial charge in [-0.3, -0.25) is 4.79 Å². The minimum Gasteiger partial charge on any atom is -0.508 e. The van der Waals surface area contributed by atoms with E-state index >= 15 is 0 Å². The summed E-state index contributed by atoms with van der Waals surface area (Å²) in [6.07, 6.45) is 8.07. The maximum atomic E-state index is 13.2. The van der Waals surface area contributed by atoms with Crippen LogP contribution in [0.1, 0.15) is 51.0 Å². The first-order chi connectivity index (χ1) is 12.8. The Morgan fingerprint density at radius 3 is 2.56 bits per heavy atom. The third-order valence-electron chi connectivity index (χ3n) is 5.85. The normalized spacial score (nSPS) is 24.8. The smallest absolute Gasteiger partial charge is 0.161 e. The van der Waals surface area contributed by atoms with Crippen LogP contribution in [0.2, 0.25) is 0 Å². The SMILES string of the molecule is CN1CC(c2ccc(O)cc2)C2=C(CC(C)(C)CC2=O)NC2=CCCC=C21. The van der Waals surface area contributed by atoms with Crippen molar-refractivity contribution in [2.45, 2.75) is 45.4 Å². The number of fused-ring (bicyclic) bond motifs is 1. The maximum absolute atomic E-state index is 13.2. The number of phenolic OH excluding ortho intramolecular Hbond substituents is 1. The number of aromatic hydroxyl groups is 1. The van der Waals surface area contributed by atoms with Crippen molar-refractivity contribution in [1.82, 2.24) is 10.2 Å². The lowest BCUT2D eigenvalue weighted by atomic mass is 9.71. The minimum absolute atomic E-state index is 0.00826. The van der Waals surface area contributed by atoms with E-state index in [0.29, 0.717) is 6.42 Å². The van der Waals surface area contributed by atoms with Crippen LogP contribution < -0.4 is 5.32 Å². The summed E-state index contributed by atoms with van der Waals surface area (Å²) < 4.78 is 0. The number of allylic oxidation sites excluding steroid dienone is 3. The molecule has 4 rings (SSSR count). The number of phenols is 1. The summed E-state index contributed by atoms with van der Waals surface area (Å²) in [5, 5.41) is 13.3. The van der Waals surface area contributed by atoms with Gasteiger partial charge in [0.25, 0.3) is 0 Å². The van der Waals surface area contributed by atoms with E-state index in [4.69, 9.17) is 0 Å². The highest BCUT2D eigenvalue weighted by atomic mass is 16.3. The molecule has 27 heavy (non-hydrogen) atoms. The van der Waals surface area contributed by atoms with Gasteiger partial charge in [-0.1, -0.05) is 38.1 Å². The molecule has 0 spiro atoms. The number of likely N-dealkylation sites (N-methyl/N-ethyl adjacent to an activating group) is 1. The van der Waals surface area contributed by atoms with Crippen LogP contribution in [0.5, 0.6) is 5.75 Å². The van der Waals surface area contributed by atoms with Gasteiger partial charge in [0.2, 0.25) is 0 Å². The summed E-state index contributed by atoms with van der Waals surface area (Å²) in [5.41, 5.74) is 5.37. The molecule has 0 aromatic heterocycles. The molecule has 3 aliphatic rings. The van der Waals surface area contributed by atoms with Crippen molar-refractivity contribution in [3.63, 3.8) is 0 Å². The minimum atomic E-state index is -0.0351. The van der Waals surface area contributed by atoms with E-state index in [9.17, 15) is 9.90 Å². The van der Waals surface area contributed by atoms with Crippen LogP contribution in [-0.2, 0) is 4.79 Å². The van der Waals surface area contributed by atoms with Gasteiger partial charge in [0, 0.05) is 37.2 Å². The molecule has 0 radical (unpaired) electrons. The van der Waals surface area contributed by atoms with Crippen molar-refractivity contribution in [3.05, 3.63) is 64.6 Å². The summed E-state index contributed by atoms with van der Waals surface area (Å²) in [6.45, 7) is 5.09. The van der Waals surface area contributed by atoms with Gasteiger partial charge in [-0.15, -0.1) is 0 Å². The van der Waals surface area contributed by atoms with Crippen LogP contribution >= 0.6 is 0 Å². The van der Waals surface area contributed by atoms with Crippen molar-refractivity contribution in [3.8, 4) is 5.75 Å². The first-order valence-electron chi connectivity index (χ1n) is 9.78. The Morgan fingerprint density at radius 1 is 1.11 bits per heavy atom. The Labute approximate surface area is 161 Å². The van der Waals surface area contributed by atoms with Crippen molar-refractivity contribution >= 4 is 5.78 Å². The quantitative estimate of drug-likeness (QED) is 0.784. The monoisotopic (exact) mass is 364 g/mol. The molecular formula is C23H28N2O2. The van der Waals surface area contributed by atoms with Crippen molar-refractivity contribution < 1.29 is 9.90 Å². The van der Waals surface area contributed by atoms with Crippen LogP contribution in [0.15, 0.2) is 59.1 Å². The predicted octanol–water partition coefficient (Wildman–Crippen LogP) is 4.22. The second-order valence-corrected chi connectivity index (χ2v) is 8.77. The number of benzene rings is 1. The highest BCUT2D eigenvalue weighted by molar-refractivity contribution is 5.99. The van der Waals surface area contributed by atoms with Crippen molar-refractivity contribution in [1.29, 1.82) is 0 Å². The lowest BCUT2D eigenvalue weighted by Crippen LogP contribution is -2.40. The Kier molecular flexibility index (Phi) is 4.37. The molecule has 0 bridgehead atoms. The number of nitrogens with zero attached hydrogens (tertiary/aromatic N) is 1. The average Bonchev–Trinajstić information content (AvgIpc) is 2.59. The molecule has 0 amide bonds. The van der Waals surface area contributed by atoms with Gasteiger partial charge in [-0.2, -0.15) is 0 Å². The summed E-state index contributed by atoms with van der Waals surface area (Å²) in [4.78, 5) is 15.5. The van der Waals surface area contributed by atoms with E-state index in [1.165, 1.54) is 5.70 Å². The number of carbonyl (C=O) groups is 1. The van der Waals surface area contributed by atoms with Crippen LogP contribution in [-0.4, -0.2) is 29.4 Å². The number of nitrogens with one attached hydrogen (secondary N) is 1. The molecule has 4 heteroatoms. The van der Waals surface area contributed by atoms with Crippen molar-refractivity contribution in [2.24, 2.45) is 5.41 Å². The average molecular weight is 364 g/mol. The van der Waals surface area contributed by atoms with E-state index in [2.05, 4.69) is 43.3 Å². The molecule has 1 atom stereocenters. The van der Waals surface area contributed by atoms with Crippen molar-refractivity contribution in [2.75, 3.05) is 13.6 Å². The molecule has 1 aromatic rings. The molecule has 1 aliphatic heterocycles. The van der Waals surface area contributed by atoms with Crippen LogP contribution in [0.25, 0.3) is 0 Å². The summed E-state index contributed by atoms with van der Waals surface area (Å²) >= 11 is 0. The highest BCUT2D eigenvalue weighted by Gasteiger charge is 2.39. The number of ketones is 1. The second kappa shape index (κ2) is 6.59. The van der Waals surface area contributed by atoms with E-state index in [1.807, 2.05) is 12.1 Å².